The lowest BCUT2D eigenvalue weighted by Gasteiger charge is -2.33. The molecule has 1 rings (SSSR count). The first kappa shape index (κ1) is 16.0. The summed E-state index contributed by atoms with van der Waals surface area (Å²) in [5.74, 6) is 0.844. The Bertz CT molecular complexity index is 236. The zero-order valence-electron chi connectivity index (χ0n) is 13.0. The molecule has 0 bridgehead atoms. The van der Waals surface area contributed by atoms with Crippen molar-refractivity contribution >= 4 is 8.07 Å². The Morgan fingerprint density at radius 1 is 1.11 bits per heavy atom. The van der Waals surface area contributed by atoms with E-state index in [4.69, 9.17) is 0 Å². The van der Waals surface area contributed by atoms with E-state index in [0.717, 1.165) is 11.5 Å². The Labute approximate surface area is 116 Å². The van der Waals surface area contributed by atoms with E-state index in [9.17, 15) is 0 Å². The predicted molar refractivity (Wildman–Crippen MR) is 86.6 cm³/mol. The van der Waals surface area contributed by atoms with Gasteiger partial charge < -0.3 is 0 Å². The summed E-state index contributed by atoms with van der Waals surface area (Å²) in [4.78, 5) is 0. The lowest BCUT2D eigenvalue weighted by atomic mass is 9.89. The first-order valence-corrected chi connectivity index (χ1v) is 11.6. The Kier molecular flexibility index (Phi) is 7.29. The summed E-state index contributed by atoms with van der Waals surface area (Å²) in [6.45, 7) is 9.85. The maximum absolute atomic E-state index is 2.64. The summed E-state index contributed by atoms with van der Waals surface area (Å²) in [7, 11) is -0.975. The third-order valence-corrected chi connectivity index (χ3v) is 7.47. The molecule has 0 heterocycles. The van der Waals surface area contributed by atoms with Gasteiger partial charge in [0.15, 0.2) is 0 Å². The Hall–Kier alpha value is -0.0431. The van der Waals surface area contributed by atoms with Crippen LogP contribution >= 0.6 is 0 Å². The molecule has 105 valence electrons. The van der Waals surface area contributed by atoms with Gasteiger partial charge in [-0.15, -0.1) is 0 Å². The summed E-state index contributed by atoms with van der Waals surface area (Å²) in [6, 6.07) is 0. The number of allylic oxidation sites excluding steroid dienone is 2. The number of rotatable bonds is 3. The van der Waals surface area contributed by atoms with Gasteiger partial charge in [-0.2, -0.15) is 0 Å². The minimum Gasteiger partial charge on any atom is -0.0917 e. The second-order valence-corrected chi connectivity index (χ2v) is 12.6. The highest BCUT2D eigenvalue weighted by molar-refractivity contribution is 6.77. The highest BCUT2D eigenvalue weighted by Gasteiger charge is 2.28. The van der Waals surface area contributed by atoms with Crippen molar-refractivity contribution in [2.45, 2.75) is 83.5 Å². The van der Waals surface area contributed by atoms with E-state index >= 15 is 0 Å². The van der Waals surface area contributed by atoms with E-state index in [-0.39, 0.29) is 0 Å². The van der Waals surface area contributed by atoms with Crippen LogP contribution in [0.2, 0.25) is 25.2 Å². The van der Waals surface area contributed by atoms with Crippen molar-refractivity contribution in [2.75, 3.05) is 0 Å². The van der Waals surface area contributed by atoms with Crippen LogP contribution in [-0.4, -0.2) is 8.07 Å². The van der Waals surface area contributed by atoms with E-state index in [1.54, 1.807) is 0 Å². The van der Waals surface area contributed by atoms with Crippen LogP contribution in [0, 0.1) is 12.3 Å². The van der Waals surface area contributed by atoms with Gasteiger partial charge in [0.05, 0.1) is 0 Å². The van der Waals surface area contributed by atoms with Crippen molar-refractivity contribution in [3.05, 3.63) is 18.6 Å². The molecule has 0 aromatic heterocycles. The van der Waals surface area contributed by atoms with E-state index in [2.05, 4.69) is 45.1 Å². The number of hydrogen-bond donors (Lipinski definition) is 0. The summed E-state index contributed by atoms with van der Waals surface area (Å²) >= 11 is 0. The van der Waals surface area contributed by atoms with Gasteiger partial charge in [0.25, 0.3) is 0 Å². The van der Waals surface area contributed by atoms with Gasteiger partial charge in [0, 0.05) is 8.07 Å². The van der Waals surface area contributed by atoms with Crippen molar-refractivity contribution in [1.29, 1.82) is 0 Å². The first-order chi connectivity index (χ1) is 8.54. The maximum atomic E-state index is 2.64. The molecule has 0 aromatic rings. The van der Waals surface area contributed by atoms with Crippen LogP contribution in [-0.2, 0) is 0 Å². The lowest BCUT2D eigenvalue weighted by Crippen LogP contribution is -2.30. The van der Waals surface area contributed by atoms with Crippen molar-refractivity contribution in [3.63, 3.8) is 0 Å². The largest absolute Gasteiger partial charge is 0.0917 e. The van der Waals surface area contributed by atoms with Crippen molar-refractivity contribution < 1.29 is 0 Å². The lowest BCUT2D eigenvalue weighted by molar-refractivity contribution is 0.455. The molecule has 1 fully saturated rings. The normalized spacial score (nSPS) is 28.4. The van der Waals surface area contributed by atoms with Gasteiger partial charge in [-0.3, -0.25) is 0 Å². The van der Waals surface area contributed by atoms with Gasteiger partial charge >= 0.3 is 0 Å². The second-order valence-electron chi connectivity index (χ2n) is 7.09. The topological polar surface area (TPSA) is 0 Å². The minimum absolute atomic E-state index is 0.844. The van der Waals surface area contributed by atoms with Crippen LogP contribution in [0.3, 0.4) is 0 Å². The molecule has 18 heavy (non-hydrogen) atoms. The first-order valence-electron chi connectivity index (χ1n) is 7.98. The smallest absolute Gasteiger partial charge is 0.0473 e. The fourth-order valence-corrected chi connectivity index (χ4v) is 5.19. The molecule has 0 N–H and O–H groups in total. The molecular weight excluding hydrogens is 232 g/mol. The van der Waals surface area contributed by atoms with Gasteiger partial charge in [-0.1, -0.05) is 63.9 Å². The number of hydrogen-bond acceptors (Lipinski definition) is 0. The van der Waals surface area contributed by atoms with Gasteiger partial charge in [-0.05, 0) is 44.1 Å². The van der Waals surface area contributed by atoms with Crippen molar-refractivity contribution in [3.8, 4) is 0 Å². The average Bonchev–Trinajstić information content (AvgIpc) is 2.32. The Morgan fingerprint density at radius 3 is 2.50 bits per heavy atom. The molecule has 0 spiro atoms. The summed E-state index contributed by atoms with van der Waals surface area (Å²) < 4.78 is 0. The molecular formula is C17H33Si. The molecule has 0 saturated heterocycles. The van der Waals surface area contributed by atoms with E-state index in [1.807, 2.05) is 0 Å². The molecule has 2 unspecified atom stereocenters. The third kappa shape index (κ3) is 6.22. The molecule has 1 aliphatic carbocycles. The molecule has 1 saturated carbocycles. The van der Waals surface area contributed by atoms with Crippen LogP contribution in [0.4, 0.5) is 0 Å². The zero-order chi connectivity index (χ0) is 13.4. The third-order valence-electron chi connectivity index (χ3n) is 4.49. The molecule has 1 heteroatoms. The van der Waals surface area contributed by atoms with Crippen LogP contribution in [0.25, 0.3) is 0 Å². The quantitative estimate of drug-likeness (QED) is 0.419. The van der Waals surface area contributed by atoms with E-state index in [1.165, 1.54) is 51.4 Å². The summed E-state index contributed by atoms with van der Waals surface area (Å²) in [6.07, 6.45) is 18.6. The standard InChI is InChI=1S/C17H33Si/c1-5-6-12-16-13-10-8-7-9-11-14-17(15-16)18(2,3)4/h5-6,13,16-17H,7-12,14-15H2,1-4H3. The summed E-state index contributed by atoms with van der Waals surface area (Å²) in [5, 5.41) is 0. The van der Waals surface area contributed by atoms with Crippen LogP contribution in [0.5, 0.6) is 0 Å². The summed E-state index contributed by atoms with van der Waals surface area (Å²) in [5.41, 5.74) is 1.03. The molecule has 1 radical (unpaired) electrons. The minimum atomic E-state index is -0.975. The van der Waals surface area contributed by atoms with E-state index in [0.29, 0.717) is 0 Å². The molecule has 0 aliphatic heterocycles. The van der Waals surface area contributed by atoms with Gasteiger partial charge in [-0.25, -0.2) is 0 Å². The van der Waals surface area contributed by atoms with Crippen LogP contribution in [0.1, 0.15) is 58.3 Å². The Morgan fingerprint density at radius 2 is 1.83 bits per heavy atom. The molecule has 0 aromatic carbocycles. The van der Waals surface area contributed by atoms with E-state index < -0.39 is 8.07 Å². The maximum Gasteiger partial charge on any atom is 0.0473 e. The monoisotopic (exact) mass is 265 g/mol. The average molecular weight is 266 g/mol. The second kappa shape index (κ2) is 8.19. The van der Waals surface area contributed by atoms with Crippen LogP contribution < -0.4 is 0 Å². The van der Waals surface area contributed by atoms with Crippen molar-refractivity contribution in [1.82, 2.24) is 0 Å². The zero-order valence-corrected chi connectivity index (χ0v) is 14.0. The Balaban J connectivity index is 2.62. The SMILES string of the molecule is CC=CCC1[CH]CCCCCCC([Si](C)(C)C)C1. The van der Waals surface area contributed by atoms with Crippen molar-refractivity contribution in [2.24, 2.45) is 5.92 Å². The molecule has 0 nitrogen and oxygen atoms in total. The van der Waals surface area contributed by atoms with Gasteiger partial charge in [0.2, 0.25) is 0 Å². The highest BCUT2D eigenvalue weighted by atomic mass is 28.3. The predicted octanol–water partition coefficient (Wildman–Crippen LogP) is 6.23. The fourth-order valence-electron chi connectivity index (χ4n) is 3.11. The fraction of sp³-hybridized carbons (Fsp3) is 0.824. The molecule has 0 amide bonds. The molecule has 1 aliphatic rings. The van der Waals surface area contributed by atoms with Crippen LogP contribution in [0.15, 0.2) is 12.2 Å². The highest BCUT2D eigenvalue weighted by Crippen LogP contribution is 2.37. The van der Waals surface area contributed by atoms with Gasteiger partial charge in [0.1, 0.15) is 0 Å². The molecule has 2 atom stereocenters.